The highest BCUT2D eigenvalue weighted by molar-refractivity contribution is 8.01. The average Bonchev–Trinajstić information content (AvgIpc) is 3.19. The first-order valence-electron chi connectivity index (χ1n) is 8.71. The molecule has 0 radical (unpaired) electrons. The summed E-state index contributed by atoms with van der Waals surface area (Å²) in [4.78, 5) is 24.1. The molecule has 0 saturated carbocycles. The van der Waals surface area contributed by atoms with E-state index in [4.69, 9.17) is 32.7 Å². The van der Waals surface area contributed by atoms with Crippen molar-refractivity contribution >= 4 is 68.9 Å². The minimum Gasteiger partial charge on any atom is -0.497 e. The molecular weight excluding hydrogens is 483 g/mol. The van der Waals surface area contributed by atoms with Gasteiger partial charge in [0.25, 0.3) is 5.91 Å². The van der Waals surface area contributed by atoms with Gasteiger partial charge in [0.2, 0.25) is 11.0 Å². The van der Waals surface area contributed by atoms with E-state index in [2.05, 4.69) is 20.8 Å². The van der Waals surface area contributed by atoms with E-state index in [1.807, 2.05) is 0 Å². The number of nitrogens with zero attached hydrogens (tertiary/aromatic N) is 2. The van der Waals surface area contributed by atoms with Crippen molar-refractivity contribution in [3.05, 3.63) is 52.5 Å². The van der Waals surface area contributed by atoms with E-state index >= 15 is 0 Å². The Morgan fingerprint density at radius 2 is 1.84 bits per heavy atom. The maximum atomic E-state index is 12.1. The Balaban J connectivity index is 1.42. The topological polar surface area (TPSA) is 102 Å². The van der Waals surface area contributed by atoms with Crippen LogP contribution in [0.1, 0.15) is 0 Å². The number of halogens is 2. The van der Waals surface area contributed by atoms with Crippen molar-refractivity contribution < 1.29 is 19.1 Å². The second kappa shape index (κ2) is 11.2. The molecule has 162 valence electrons. The zero-order valence-electron chi connectivity index (χ0n) is 16.1. The lowest BCUT2D eigenvalue weighted by Gasteiger charge is -2.07. The first-order chi connectivity index (χ1) is 14.9. The Morgan fingerprint density at radius 3 is 2.55 bits per heavy atom. The maximum Gasteiger partial charge on any atom is 0.264 e. The number of aromatic nitrogens is 2. The Kier molecular flexibility index (Phi) is 8.35. The van der Waals surface area contributed by atoms with Crippen molar-refractivity contribution in [1.82, 2.24) is 10.2 Å². The molecule has 2 N–H and O–H groups in total. The predicted molar refractivity (Wildman–Crippen MR) is 123 cm³/mol. The average molecular weight is 499 g/mol. The molecule has 3 rings (SSSR count). The number of thioether (sulfide) groups is 1. The minimum absolute atomic E-state index is 0.146. The van der Waals surface area contributed by atoms with Gasteiger partial charge in [-0.25, -0.2) is 0 Å². The number of ether oxygens (including phenoxy) is 2. The van der Waals surface area contributed by atoms with Crippen molar-refractivity contribution in [1.29, 1.82) is 0 Å². The maximum absolute atomic E-state index is 12.1. The van der Waals surface area contributed by atoms with Crippen LogP contribution in [0.2, 0.25) is 10.0 Å². The van der Waals surface area contributed by atoms with Gasteiger partial charge >= 0.3 is 0 Å². The second-order valence-electron chi connectivity index (χ2n) is 5.85. The fourth-order valence-corrected chi connectivity index (χ4v) is 4.24. The molecule has 12 heteroatoms. The van der Waals surface area contributed by atoms with E-state index < -0.39 is 5.91 Å². The summed E-state index contributed by atoms with van der Waals surface area (Å²) in [5.41, 5.74) is 0.664. The lowest BCUT2D eigenvalue weighted by atomic mass is 10.3. The number of carbonyl (C=O) groups excluding carboxylic acids is 2. The highest BCUT2D eigenvalue weighted by atomic mass is 35.5. The van der Waals surface area contributed by atoms with Crippen LogP contribution in [0.15, 0.2) is 46.8 Å². The lowest BCUT2D eigenvalue weighted by molar-refractivity contribution is -0.118. The molecule has 8 nitrogen and oxygen atoms in total. The van der Waals surface area contributed by atoms with Crippen LogP contribution in [0, 0.1) is 0 Å². The summed E-state index contributed by atoms with van der Waals surface area (Å²) in [6.07, 6.45) is 0. The molecule has 0 aliphatic heterocycles. The van der Waals surface area contributed by atoms with Crippen LogP contribution < -0.4 is 20.1 Å². The molecule has 1 heterocycles. The van der Waals surface area contributed by atoms with Crippen LogP contribution >= 0.6 is 46.3 Å². The van der Waals surface area contributed by atoms with Crippen molar-refractivity contribution in [2.45, 2.75) is 4.34 Å². The summed E-state index contributed by atoms with van der Waals surface area (Å²) < 4.78 is 11.0. The van der Waals surface area contributed by atoms with Crippen molar-refractivity contribution in [3.8, 4) is 11.5 Å². The molecule has 3 aromatic rings. The third kappa shape index (κ3) is 7.28. The van der Waals surface area contributed by atoms with Gasteiger partial charge in [0.15, 0.2) is 10.9 Å². The number of benzene rings is 2. The van der Waals surface area contributed by atoms with Gasteiger partial charge in [-0.05, 0) is 42.5 Å². The van der Waals surface area contributed by atoms with E-state index in [1.54, 1.807) is 43.5 Å². The highest BCUT2D eigenvalue weighted by Crippen LogP contribution is 2.28. The monoisotopic (exact) mass is 498 g/mol. The Labute approximate surface area is 196 Å². The summed E-state index contributed by atoms with van der Waals surface area (Å²) in [5, 5.41) is 14.3. The quantitative estimate of drug-likeness (QED) is 0.328. The van der Waals surface area contributed by atoms with Gasteiger partial charge in [0.1, 0.15) is 11.5 Å². The first kappa shape index (κ1) is 23.1. The van der Waals surface area contributed by atoms with Crippen LogP contribution in [0.25, 0.3) is 0 Å². The predicted octanol–water partition coefficient (Wildman–Crippen LogP) is 4.60. The largest absolute Gasteiger partial charge is 0.497 e. The summed E-state index contributed by atoms with van der Waals surface area (Å²) in [6, 6.07) is 11.7. The van der Waals surface area contributed by atoms with Gasteiger partial charge < -0.3 is 14.8 Å². The van der Waals surface area contributed by atoms with Crippen molar-refractivity contribution in [2.75, 3.05) is 30.1 Å². The first-order valence-corrected chi connectivity index (χ1v) is 11.3. The zero-order valence-corrected chi connectivity index (χ0v) is 19.2. The van der Waals surface area contributed by atoms with Crippen LogP contribution in [-0.2, 0) is 9.59 Å². The van der Waals surface area contributed by atoms with E-state index in [9.17, 15) is 9.59 Å². The van der Waals surface area contributed by atoms with Gasteiger partial charge in [-0.1, -0.05) is 46.3 Å². The normalized spacial score (nSPS) is 10.4. The van der Waals surface area contributed by atoms with Crippen LogP contribution in [0.5, 0.6) is 11.5 Å². The number of amides is 2. The fraction of sp³-hybridized carbons (Fsp3) is 0.158. The van der Waals surface area contributed by atoms with Gasteiger partial charge in [0, 0.05) is 10.7 Å². The third-order valence-electron chi connectivity index (χ3n) is 3.61. The van der Waals surface area contributed by atoms with Gasteiger partial charge in [-0.2, -0.15) is 0 Å². The molecule has 2 amide bonds. The lowest BCUT2D eigenvalue weighted by Crippen LogP contribution is -2.20. The molecule has 0 fully saturated rings. The molecule has 0 unspecified atom stereocenters. The van der Waals surface area contributed by atoms with Crippen LogP contribution in [0.3, 0.4) is 0 Å². The molecule has 1 aromatic heterocycles. The molecule has 0 atom stereocenters. The van der Waals surface area contributed by atoms with E-state index in [-0.39, 0.29) is 18.3 Å². The van der Waals surface area contributed by atoms with E-state index in [1.165, 1.54) is 17.8 Å². The number of rotatable bonds is 9. The fourth-order valence-electron chi connectivity index (χ4n) is 2.21. The molecule has 0 aliphatic rings. The number of hydrogen-bond donors (Lipinski definition) is 2. The molecule has 31 heavy (non-hydrogen) atoms. The number of anilines is 2. The van der Waals surface area contributed by atoms with E-state index in [0.29, 0.717) is 36.7 Å². The summed E-state index contributed by atoms with van der Waals surface area (Å²) >= 11 is 14.2. The van der Waals surface area contributed by atoms with Crippen molar-refractivity contribution in [3.63, 3.8) is 0 Å². The molecular formula is C19H16Cl2N4O4S2. The Hall–Kier alpha value is -2.53. The number of carbonyl (C=O) groups is 2. The Bertz CT molecular complexity index is 1060. The number of hydrogen-bond acceptors (Lipinski definition) is 8. The third-order valence-corrected chi connectivity index (χ3v) is 6.11. The van der Waals surface area contributed by atoms with Gasteiger partial charge in [-0.3, -0.25) is 14.9 Å². The second-order valence-corrected chi connectivity index (χ2v) is 8.89. The Morgan fingerprint density at radius 1 is 1.06 bits per heavy atom. The highest BCUT2D eigenvalue weighted by Gasteiger charge is 2.12. The van der Waals surface area contributed by atoms with Gasteiger partial charge in [-0.15, -0.1) is 10.2 Å². The zero-order chi connectivity index (χ0) is 22.2. The minimum atomic E-state index is -0.420. The van der Waals surface area contributed by atoms with E-state index in [0.717, 1.165) is 11.3 Å². The number of methoxy groups -OCH3 is 1. The smallest absolute Gasteiger partial charge is 0.264 e. The summed E-state index contributed by atoms with van der Waals surface area (Å²) in [7, 11) is 1.57. The van der Waals surface area contributed by atoms with Crippen molar-refractivity contribution in [2.24, 2.45) is 0 Å². The molecule has 0 aliphatic carbocycles. The standard InChI is InChI=1S/C19H16Cl2N4O4S2/c1-28-13-5-3-12(4-6-13)22-17(27)10-30-19-25-24-18(31-19)23-16(26)9-29-15-7-2-11(20)8-14(15)21/h2-8H,9-10H2,1H3,(H,22,27)(H,23,24,26). The van der Waals surface area contributed by atoms with Crippen LogP contribution in [-0.4, -0.2) is 41.5 Å². The van der Waals surface area contributed by atoms with Gasteiger partial charge in [0.05, 0.1) is 17.9 Å². The summed E-state index contributed by atoms with van der Waals surface area (Å²) in [5.74, 6) is 0.586. The molecule has 0 bridgehead atoms. The molecule has 2 aromatic carbocycles. The van der Waals surface area contributed by atoms with Crippen LogP contribution in [0.4, 0.5) is 10.8 Å². The summed E-state index contributed by atoms with van der Waals surface area (Å²) in [6.45, 7) is -0.256. The molecule has 0 saturated heterocycles. The molecule has 0 spiro atoms. The number of nitrogens with one attached hydrogen (secondary N) is 2. The SMILES string of the molecule is COc1ccc(NC(=O)CSc2nnc(NC(=O)COc3ccc(Cl)cc3Cl)s2)cc1.